The van der Waals surface area contributed by atoms with E-state index >= 15 is 0 Å². The molecule has 0 saturated heterocycles. The first kappa shape index (κ1) is 14.3. The Hall–Kier alpha value is -2.03. The summed E-state index contributed by atoms with van der Waals surface area (Å²) in [4.78, 5) is 12.2. The number of rotatable bonds is 0. The van der Waals surface area contributed by atoms with E-state index in [1.165, 1.54) is 18.4 Å². The normalized spacial score (nSPS) is 28.0. The highest BCUT2D eigenvalue weighted by molar-refractivity contribution is 5.87. The maximum absolute atomic E-state index is 12.2. The van der Waals surface area contributed by atoms with Crippen LogP contribution in [-0.2, 0) is 12.8 Å². The van der Waals surface area contributed by atoms with E-state index in [4.69, 9.17) is 9.15 Å². The van der Waals surface area contributed by atoms with Crippen molar-refractivity contribution in [1.82, 2.24) is 0 Å². The van der Waals surface area contributed by atoms with Crippen LogP contribution < -0.4 is 10.4 Å². The van der Waals surface area contributed by atoms with Crippen LogP contribution in [-0.4, -0.2) is 5.60 Å². The number of aryl methyl sites for hydroxylation is 1. The van der Waals surface area contributed by atoms with Crippen LogP contribution in [0.4, 0.5) is 0 Å². The summed E-state index contributed by atoms with van der Waals surface area (Å²) in [6, 6.07) is 4.09. The standard InChI is InChI=1S/C21H22O3/c1-13-4-3-8-21(12-13)9-7-14-10-17-15-5-2-6-16(15)20(22)23-19(17)11-18(14)24-21/h7,9-11,13H,2-6,8,12H2,1H3/t13?,21-/m1/s1. The van der Waals surface area contributed by atoms with Crippen LogP contribution in [0.2, 0.25) is 0 Å². The minimum atomic E-state index is -0.171. The van der Waals surface area contributed by atoms with Gasteiger partial charge in [-0.3, -0.25) is 0 Å². The van der Waals surface area contributed by atoms with Crippen molar-refractivity contribution in [3.05, 3.63) is 45.3 Å². The molecule has 2 aromatic rings. The summed E-state index contributed by atoms with van der Waals surface area (Å²) in [5.74, 6) is 1.55. The van der Waals surface area contributed by atoms with E-state index in [0.717, 1.165) is 54.4 Å². The molecule has 124 valence electrons. The lowest BCUT2D eigenvalue weighted by Gasteiger charge is -2.40. The van der Waals surface area contributed by atoms with Gasteiger partial charge in [0.05, 0.1) is 0 Å². The molecule has 2 atom stereocenters. The lowest BCUT2D eigenvalue weighted by Crippen LogP contribution is -2.40. The van der Waals surface area contributed by atoms with Crippen molar-refractivity contribution < 1.29 is 9.15 Å². The number of fused-ring (bicyclic) bond motifs is 4. The molecule has 1 saturated carbocycles. The van der Waals surface area contributed by atoms with E-state index < -0.39 is 0 Å². The first-order valence-corrected chi connectivity index (χ1v) is 9.14. The van der Waals surface area contributed by atoms with Gasteiger partial charge < -0.3 is 9.15 Å². The van der Waals surface area contributed by atoms with Crippen LogP contribution >= 0.6 is 0 Å². The summed E-state index contributed by atoms with van der Waals surface area (Å²) in [5.41, 5.74) is 3.50. The molecular formula is C21H22O3. The summed E-state index contributed by atoms with van der Waals surface area (Å²) >= 11 is 0. The fourth-order valence-electron chi connectivity index (χ4n) is 4.83. The molecule has 0 bridgehead atoms. The lowest BCUT2D eigenvalue weighted by molar-refractivity contribution is 0.0544. The van der Waals surface area contributed by atoms with Crippen molar-refractivity contribution in [2.24, 2.45) is 5.92 Å². The Balaban J connectivity index is 1.65. The van der Waals surface area contributed by atoms with Crippen molar-refractivity contribution in [3.63, 3.8) is 0 Å². The lowest BCUT2D eigenvalue weighted by atomic mass is 9.77. The molecule has 3 nitrogen and oxygen atoms in total. The topological polar surface area (TPSA) is 39.4 Å². The minimum Gasteiger partial charge on any atom is -0.482 e. The Morgan fingerprint density at radius 2 is 2.04 bits per heavy atom. The van der Waals surface area contributed by atoms with Crippen molar-refractivity contribution in [1.29, 1.82) is 0 Å². The maximum Gasteiger partial charge on any atom is 0.339 e. The Morgan fingerprint density at radius 3 is 2.92 bits per heavy atom. The molecule has 0 amide bonds. The third-order valence-corrected chi connectivity index (χ3v) is 5.97. The monoisotopic (exact) mass is 322 g/mol. The Bertz CT molecular complexity index is 921. The Kier molecular flexibility index (Phi) is 2.97. The largest absolute Gasteiger partial charge is 0.482 e. The van der Waals surface area contributed by atoms with Gasteiger partial charge in [-0.05, 0) is 62.1 Å². The predicted octanol–water partition coefficient (Wildman–Crippen LogP) is 4.64. The Labute approximate surface area is 141 Å². The maximum atomic E-state index is 12.2. The molecular weight excluding hydrogens is 300 g/mol. The van der Waals surface area contributed by atoms with Crippen molar-refractivity contribution in [2.75, 3.05) is 0 Å². The fraction of sp³-hybridized carbons (Fsp3) is 0.476. The van der Waals surface area contributed by atoms with Gasteiger partial charge in [-0.2, -0.15) is 0 Å². The molecule has 3 heteroatoms. The van der Waals surface area contributed by atoms with Gasteiger partial charge in [0.1, 0.15) is 16.9 Å². The number of hydrogen-bond donors (Lipinski definition) is 0. The molecule has 1 aromatic carbocycles. The summed E-state index contributed by atoms with van der Waals surface area (Å²) < 4.78 is 12.1. The van der Waals surface area contributed by atoms with Gasteiger partial charge in [0.15, 0.2) is 0 Å². The summed E-state index contributed by atoms with van der Waals surface area (Å²) in [6.45, 7) is 2.30. The van der Waals surface area contributed by atoms with Crippen LogP contribution in [0, 0.1) is 5.92 Å². The van der Waals surface area contributed by atoms with Crippen LogP contribution in [0.25, 0.3) is 17.0 Å². The Morgan fingerprint density at radius 1 is 1.17 bits per heavy atom. The van der Waals surface area contributed by atoms with Crippen LogP contribution in [0.1, 0.15) is 55.7 Å². The molecule has 1 aliphatic heterocycles. The molecule has 1 unspecified atom stereocenters. The van der Waals surface area contributed by atoms with Gasteiger partial charge in [-0.25, -0.2) is 4.79 Å². The highest BCUT2D eigenvalue weighted by Gasteiger charge is 2.37. The minimum absolute atomic E-state index is 0.165. The van der Waals surface area contributed by atoms with E-state index in [0.29, 0.717) is 11.5 Å². The highest BCUT2D eigenvalue weighted by atomic mass is 16.5. The van der Waals surface area contributed by atoms with Crippen LogP contribution in [0.15, 0.2) is 27.4 Å². The molecule has 1 spiro atoms. The third-order valence-electron chi connectivity index (χ3n) is 5.97. The van der Waals surface area contributed by atoms with E-state index in [2.05, 4.69) is 25.1 Å². The van der Waals surface area contributed by atoms with Crippen molar-refractivity contribution >= 4 is 17.0 Å². The highest BCUT2D eigenvalue weighted by Crippen LogP contribution is 2.43. The van der Waals surface area contributed by atoms with E-state index in [1.807, 2.05) is 6.07 Å². The quantitative estimate of drug-likeness (QED) is 0.664. The summed E-state index contributed by atoms with van der Waals surface area (Å²) in [5, 5.41) is 1.09. The van der Waals surface area contributed by atoms with Crippen LogP contribution in [0.3, 0.4) is 0 Å². The second-order valence-corrected chi connectivity index (χ2v) is 7.79. The van der Waals surface area contributed by atoms with E-state index in [9.17, 15) is 4.79 Å². The molecule has 24 heavy (non-hydrogen) atoms. The van der Waals surface area contributed by atoms with Crippen molar-refractivity contribution in [3.8, 4) is 5.75 Å². The van der Waals surface area contributed by atoms with Crippen LogP contribution in [0.5, 0.6) is 5.75 Å². The van der Waals surface area contributed by atoms with Gasteiger partial charge in [0.25, 0.3) is 0 Å². The fourth-order valence-corrected chi connectivity index (χ4v) is 4.83. The number of hydrogen-bond acceptors (Lipinski definition) is 3. The third kappa shape index (κ3) is 2.07. The second-order valence-electron chi connectivity index (χ2n) is 7.79. The van der Waals surface area contributed by atoms with Gasteiger partial charge >= 0.3 is 5.63 Å². The SMILES string of the molecule is CC1CCC[C@@]2(C=Cc3cc4c5c(c(=O)oc4cc3O2)CCC5)C1. The molecule has 2 aliphatic carbocycles. The van der Waals surface area contributed by atoms with E-state index in [-0.39, 0.29) is 11.2 Å². The van der Waals surface area contributed by atoms with Crippen molar-refractivity contribution in [2.45, 2.75) is 57.5 Å². The van der Waals surface area contributed by atoms with Gasteiger partial charge in [0, 0.05) is 22.6 Å². The predicted molar refractivity (Wildman–Crippen MR) is 94.5 cm³/mol. The van der Waals surface area contributed by atoms with Gasteiger partial charge in [0.2, 0.25) is 0 Å². The molecule has 3 aliphatic rings. The van der Waals surface area contributed by atoms with Gasteiger partial charge in [-0.15, -0.1) is 0 Å². The summed E-state index contributed by atoms with van der Waals surface area (Å²) in [7, 11) is 0. The zero-order valence-electron chi connectivity index (χ0n) is 14.1. The molecule has 1 aromatic heterocycles. The van der Waals surface area contributed by atoms with Gasteiger partial charge in [-0.1, -0.05) is 19.4 Å². The molecule has 1 fully saturated rings. The average Bonchev–Trinajstić information content (AvgIpc) is 3.04. The number of ether oxygens (including phenoxy) is 1. The number of benzene rings is 1. The first-order chi connectivity index (χ1) is 11.6. The van der Waals surface area contributed by atoms with E-state index in [1.54, 1.807) is 0 Å². The molecule has 5 rings (SSSR count). The smallest absolute Gasteiger partial charge is 0.339 e. The summed E-state index contributed by atoms with van der Waals surface area (Å²) in [6.07, 6.45) is 12.0. The molecule has 2 heterocycles. The second kappa shape index (κ2) is 4.98. The first-order valence-electron chi connectivity index (χ1n) is 9.14. The average molecular weight is 322 g/mol. The molecule has 0 radical (unpaired) electrons. The zero-order valence-corrected chi connectivity index (χ0v) is 14.1. The molecule has 0 N–H and O–H groups in total. The zero-order chi connectivity index (χ0) is 16.3.